The van der Waals surface area contributed by atoms with Crippen LogP contribution >= 0.6 is 0 Å². The largest absolute Gasteiger partial charge is 0.480 e. The number of ether oxygens (including phenoxy) is 1. The van der Waals surface area contributed by atoms with E-state index in [1.54, 1.807) is 0 Å². The van der Waals surface area contributed by atoms with Gasteiger partial charge in [-0.2, -0.15) is 13.2 Å². The molecule has 0 bridgehead atoms. The summed E-state index contributed by atoms with van der Waals surface area (Å²) in [6.45, 7) is 0. The minimum atomic E-state index is -4.52. The van der Waals surface area contributed by atoms with E-state index in [1.807, 2.05) is 0 Å². The first-order valence-electron chi connectivity index (χ1n) is 6.10. The van der Waals surface area contributed by atoms with Crippen LogP contribution in [-0.4, -0.2) is 28.2 Å². The van der Waals surface area contributed by atoms with E-state index in [2.05, 4.69) is 10.3 Å². The van der Waals surface area contributed by atoms with E-state index in [0.717, 1.165) is 6.07 Å². The molecule has 1 fully saturated rings. The van der Waals surface area contributed by atoms with Crippen LogP contribution in [0.15, 0.2) is 12.1 Å². The molecule has 20 heavy (non-hydrogen) atoms. The molecular formula is C12H11F3N2O3. The zero-order chi connectivity index (χ0) is 14.5. The third kappa shape index (κ3) is 2.09. The molecule has 0 radical (unpaired) electrons. The lowest BCUT2D eigenvalue weighted by Gasteiger charge is -2.29. The molecule has 2 N–H and O–H groups in total. The van der Waals surface area contributed by atoms with Crippen molar-refractivity contribution in [3.05, 3.63) is 23.4 Å². The molecule has 5 nitrogen and oxygen atoms in total. The second-order valence-corrected chi connectivity index (χ2v) is 4.86. The number of halogens is 3. The Bertz CT molecular complexity index is 561. The maximum absolute atomic E-state index is 12.6. The predicted molar refractivity (Wildman–Crippen MR) is 60.2 cm³/mol. The summed E-state index contributed by atoms with van der Waals surface area (Å²) in [4.78, 5) is 14.5. The summed E-state index contributed by atoms with van der Waals surface area (Å²) in [7, 11) is 0. The molecule has 1 saturated heterocycles. The molecule has 1 aromatic rings. The van der Waals surface area contributed by atoms with Crippen LogP contribution in [0.5, 0.6) is 5.88 Å². The summed E-state index contributed by atoms with van der Waals surface area (Å²) >= 11 is 0. The van der Waals surface area contributed by atoms with Crippen molar-refractivity contribution in [3.8, 4) is 5.88 Å². The van der Waals surface area contributed by atoms with Crippen LogP contribution < -0.4 is 10.1 Å². The standard InChI is InChI=1S/C12H11F3N2O3/c13-12(14,15)8-4-1-5-9-7(20-10(5)17-8)3-2-6(16-9)11(18)19/h1,4,6-7,9,16H,2-3H2,(H,18,19)/t6?,7-,9-/m0/s1. The molecule has 8 heteroatoms. The van der Waals surface area contributed by atoms with Crippen LogP contribution in [0.2, 0.25) is 0 Å². The van der Waals surface area contributed by atoms with Gasteiger partial charge in [0.05, 0.1) is 6.04 Å². The molecule has 0 amide bonds. The molecule has 108 valence electrons. The van der Waals surface area contributed by atoms with Crippen LogP contribution in [0.3, 0.4) is 0 Å². The quantitative estimate of drug-likeness (QED) is 0.823. The lowest BCUT2D eigenvalue weighted by Crippen LogP contribution is -2.47. The molecule has 0 aliphatic carbocycles. The molecular weight excluding hydrogens is 277 g/mol. The van der Waals surface area contributed by atoms with Gasteiger partial charge in [-0.05, 0) is 25.0 Å². The Morgan fingerprint density at radius 3 is 2.80 bits per heavy atom. The van der Waals surface area contributed by atoms with Crippen molar-refractivity contribution in [1.29, 1.82) is 0 Å². The number of alkyl halides is 3. The average Bonchev–Trinajstić information content (AvgIpc) is 2.74. The van der Waals surface area contributed by atoms with Crippen molar-refractivity contribution in [2.45, 2.75) is 37.2 Å². The van der Waals surface area contributed by atoms with Crippen molar-refractivity contribution in [2.24, 2.45) is 0 Å². The Morgan fingerprint density at radius 1 is 1.40 bits per heavy atom. The number of pyridine rings is 1. The Labute approximate surface area is 111 Å². The minimum Gasteiger partial charge on any atom is -0.480 e. The molecule has 0 saturated carbocycles. The van der Waals surface area contributed by atoms with Gasteiger partial charge in [0, 0.05) is 5.56 Å². The van der Waals surface area contributed by atoms with E-state index in [1.165, 1.54) is 6.07 Å². The Kier molecular flexibility index (Phi) is 2.86. The van der Waals surface area contributed by atoms with Gasteiger partial charge in [-0.3, -0.25) is 10.1 Å². The van der Waals surface area contributed by atoms with Gasteiger partial charge in [-0.25, -0.2) is 4.98 Å². The van der Waals surface area contributed by atoms with Gasteiger partial charge in [-0.15, -0.1) is 0 Å². The minimum absolute atomic E-state index is 0.0617. The van der Waals surface area contributed by atoms with Gasteiger partial charge in [-0.1, -0.05) is 0 Å². The number of aromatic nitrogens is 1. The third-order valence-electron chi connectivity index (χ3n) is 3.57. The number of hydrogen-bond donors (Lipinski definition) is 2. The van der Waals surface area contributed by atoms with Crippen molar-refractivity contribution >= 4 is 5.97 Å². The second kappa shape index (κ2) is 4.34. The van der Waals surface area contributed by atoms with Crippen molar-refractivity contribution in [2.75, 3.05) is 0 Å². The fraction of sp³-hybridized carbons (Fsp3) is 0.500. The normalized spacial score (nSPS) is 28.4. The molecule has 2 aliphatic heterocycles. The summed E-state index contributed by atoms with van der Waals surface area (Å²) < 4.78 is 43.2. The van der Waals surface area contributed by atoms with Crippen LogP contribution in [-0.2, 0) is 11.0 Å². The maximum Gasteiger partial charge on any atom is 0.433 e. The van der Waals surface area contributed by atoms with Crippen LogP contribution in [0.1, 0.15) is 30.1 Å². The number of rotatable bonds is 1. The monoisotopic (exact) mass is 288 g/mol. The SMILES string of the molecule is O=C(O)C1CC[C@@H]2Oc3nc(C(F)(F)F)ccc3[C@@H]2N1. The average molecular weight is 288 g/mol. The van der Waals surface area contributed by atoms with E-state index in [4.69, 9.17) is 9.84 Å². The highest BCUT2D eigenvalue weighted by Crippen LogP contribution is 2.41. The lowest BCUT2D eigenvalue weighted by atomic mass is 9.93. The third-order valence-corrected chi connectivity index (χ3v) is 3.57. The molecule has 3 heterocycles. The number of piperidine rings is 1. The maximum atomic E-state index is 12.6. The van der Waals surface area contributed by atoms with Gasteiger partial charge in [0.2, 0.25) is 5.88 Å². The van der Waals surface area contributed by atoms with Crippen LogP contribution in [0.25, 0.3) is 0 Å². The number of carboxylic acids is 1. The highest BCUT2D eigenvalue weighted by atomic mass is 19.4. The number of aliphatic carboxylic acids is 1. The Hall–Kier alpha value is -1.83. The number of carbonyl (C=O) groups is 1. The Balaban J connectivity index is 1.90. The molecule has 1 aromatic heterocycles. The van der Waals surface area contributed by atoms with E-state index >= 15 is 0 Å². The first-order chi connectivity index (χ1) is 9.36. The number of nitrogens with one attached hydrogen (secondary N) is 1. The van der Waals surface area contributed by atoms with E-state index in [0.29, 0.717) is 18.4 Å². The molecule has 1 unspecified atom stereocenters. The summed E-state index contributed by atoms with van der Waals surface area (Å²) in [5, 5.41) is 11.9. The van der Waals surface area contributed by atoms with Crippen LogP contribution in [0.4, 0.5) is 13.2 Å². The molecule has 2 aliphatic rings. The van der Waals surface area contributed by atoms with E-state index < -0.39 is 29.9 Å². The van der Waals surface area contributed by atoms with Crippen molar-refractivity contribution in [1.82, 2.24) is 10.3 Å². The molecule has 3 atom stereocenters. The second-order valence-electron chi connectivity index (χ2n) is 4.86. The van der Waals surface area contributed by atoms with Gasteiger partial charge >= 0.3 is 12.1 Å². The fourth-order valence-electron chi connectivity index (χ4n) is 2.60. The molecule has 0 aromatic carbocycles. The zero-order valence-corrected chi connectivity index (χ0v) is 10.1. The number of nitrogens with zero attached hydrogens (tertiary/aromatic N) is 1. The fourth-order valence-corrected chi connectivity index (χ4v) is 2.60. The van der Waals surface area contributed by atoms with Gasteiger partial charge in [0.1, 0.15) is 17.8 Å². The van der Waals surface area contributed by atoms with E-state index in [-0.39, 0.29) is 12.0 Å². The van der Waals surface area contributed by atoms with E-state index in [9.17, 15) is 18.0 Å². The van der Waals surface area contributed by atoms with Gasteiger partial charge in [0.15, 0.2) is 0 Å². The first-order valence-corrected chi connectivity index (χ1v) is 6.10. The Morgan fingerprint density at radius 2 is 2.15 bits per heavy atom. The van der Waals surface area contributed by atoms with Crippen molar-refractivity contribution < 1.29 is 27.8 Å². The summed E-state index contributed by atoms with van der Waals surface area (Å²) in [6.07, 6.45) is -4.05. The number of carboxylic acid groups (broad SMARTS) is 1. The first kappa shape index (κ1) is 13.2. The van der Waals surface area contributed by atoms with Crippen molar-refractivity contribution in [3.63, 3.8) is 0 Å². The van der Waals surface area contributed by atoms with Gasteiger partial charge < -0.3 is 9.84 Å². The highest BCUT2D eigenvalue weighted by Gasteiger charge is 2.43. The van der Waals surface area contributed by atoms with Gasteiger partial charge in [0.25, 0.3) is 0 Å². The lowest BCUT2D eigenvalue weighted by molar-refractivity contribution is -0.142. The highest BCUT2D eigenvalue weighted by molar-refractivity contribution is 5.73. The predicted octanol–water partition coefficient (Wildman–Crippen LogP) is 1.74. The topological polar surface area (TPSA) is 71.5 Å². The summed E-state index contributed by atoms with van der Waals surface area (Å²) in [5.41, 5.74) is -0.529. The zero-order valence-electron chi connectivity index (χ0n) is 10.1. The van der Waals surface area contributed by atoms with Crippen LogP contribution in [0, 0.1) is 0 Å². The molecule has 3 rings (SSSR count). The summed E-state index contributed by atoms with van der Waals surface area (Å²) in [5.74, 6) is -1.04. The smallest absolute Gasteiger partial charge is 0.433 e. The number of hydrogen-bond acceptors (Lipinski definition) is 4. The molecule has 0 spiro atoms. The number of fused-ring (bicyclic) bond motifs is 3. The summed E-state index contributed by atoms with van der Waals surface area (Å²) in [6, 6.07) is 1.05.